The van der Waals surface area contributed by atoms with Crippen molar-refractivity contribution in [3.05, 3.63) is 0 Å². The van der Waals surface area contributed by atoms with Gasteiger partial charge in [0.1, 0.15) is 19.3 Å². The number of ether oxygens (including phenoxy) is 4. The molecule has 0 aliphatic heterocycles. The summed E-state index contributed by atoms with van der Waals surface area (Å²) in [5, 5.41) is 10.6. The number of phosphoric ester groups is 2. The predicted octanol–water partition coefficient (Wildman–Crippen LogP) is 21.8. The molecule has 0 heterocycles. The van der Waals surface area contributed by atoms with Crippen LogP contribution in [-0.4, -0.2) is 96.7 Å². The van der Waals surface area contributed by atoms with Crippen LogP contribution in [0.5, 0.6) is 0 Å². The molecule has 3 unspecified atom stereocenters. The molecule has 0 spiro atoms. The van der Waals surface area contributed by atoms with Crippen molar-refractivity contribution in [2.24, 2.45) is 17.8 Å². The van der Waals surface area contributed by atoms with E-state index in [-0.39, 0.29) is 25.7 Å². The van der Waals surface area contributed by atoms with E-state index in [0.717, 1.165) is 102 Å². The zero-order chi connectivity index (χ0) is 69.4. The number of aliphatic hydroxyl groups excluding tert-OH is 1. The fraction of sp³-hybridized carbons (Fsp3) is 0.947. The predicted molar refractivity (Wildman–Crippen MR) is 381 cm³/mol. The quantitative estimate of drug-likeness (QED) is 0.0222. The molecule has 0 radical (unpaired) electrons. The van der Waals surface area contributed by atoms with Crippen molar-refractivity contribution in [2.45, 2.75) is 401 Å². The van der Waals surface area contributed by atoms with E-state index < -0.39 is 97.5 Å². The van der Waals surface area contributed by atoms with Gasteiger partial charge in [-0.2, -0.15) is 0 Å². The molecule has 0 fully saturated rings. The van der Waals surface area contributed by atoms with Crippen LogP contribution >= 0.6 is 15.6 Å². The highest BCUT2D eigenvalue weighted by molar-refractivity contribution is 7.47. The number of aliphatic hydroxyl groups is 1. The highest BCUT2D eigenvalue weighted by atomic mass is 31.2. The van der Waals surface area contributed by atoms with Crippen molar-refractivity contribution in [3.63, 3.8) is 0 Å². The molecule has 0 bridgehead atoms. The fourth-order valence-corrected chi connectivity index (χ4v) is 13.0. The first-order chi connectivity index (χ1) is 45.3. The van der Waals surface area contributed by atoms with Crippen LogP contribution in [0.15, 0.2) is 0 Å². The van der Waals surface area contributed by atoms with Crippen molar-refractivity contribution < 1.29 is 80.2 Å². The maximum absolute atomic E-state index is 13.1. The summed E-state index contributed by atoms with van der Waals surface area (Å²) in [7, 11) is -9.91. The average molecular weight is 1380 g/mol. The van der Waals surface area contributed by atoms with Gasteiger partial charge in [-0.25, -0.2) is 9.13 Å². The van der Waals surface area contributed by atoms with Crippen LogP contribution in [0.4, 0.5) is 0 Å². The average Bonchev–Trinajstić information content (AvgIpc) is 1.08. The van der Waals surface area contributed by atoms with Gasteiger partial charge in [0, 0.05) is 25.7 Å². The summed E-state index contributed by atoms with van der Waals surface area (Å²) < 4.78 is 68.3. The second-order valence-electron chi connectivity index (χ2n) is 28.2. The summed E-state index contributed by atoms with van der Waals surface area (Å²) >= 11 is 0. The third-order valence-corrected chi connectivity index (χ3v) is 19.6. The number of unbranched alkanes of at least 4 members (excludes halogenated alkanes) is 40. The third-order valence-electron chi connectivity index (χ3n) is 17.7. The monoisotopic (exact) mass is 1380 g/mol. The van der Waals surface area contributed by atoms with Crippen LogP contribution in [0.3, 0.4) is 0 Å². The molecule has 0 aromatic carbocycles. The van der Waals surface area contributed by atoms with E-state index in [4.69, 9.17) is 37.0 Å². The number of hydrogen-bond donors (Lipinski definition) is 3. The Balaban J connectivity index is 5.16. The zero-order valence-corrected chi connectivity index (χ0v) is 63.2. The molecule has 0 aliphatic carbocycles. The van der Waals surface area contributed by atoms with Gasteiger partial charge < -0.3 is 33.8 Å². The van der Waals surface area contributed by atoms with E-state index >= 15 is 0 Å². The third kappa shape index (κ3) is 67.3. The molecule has 6 atom stereocenters. The first-order valence-corrected chi connectivity index (χ1v) is 41.9. The number of carbonyl (C=O) groups excluding carboxylic acids is 4. The largest absolute Gasteiger partial charge is 0.472 e. The van der Waals surface area contributed by atoms with Crippen molar-refractivity contribution in [1.29, 1.82) is 0 Å². The van der Waals surface area contributed by atoms with Gasteiger partial charge in [-0.15, -0.1) is 0 Å². The molecular formula is C75H146O17P2. The molecule has 558 valence electrons. The van der Waals surface area contributed by atoms with E-state index in [1.54, 1.807) is 0 Å². The molecule has 0 aromatic heterocycles. The first kappa shape index (κ1) is 92.1. The van der Waals surface area contributed by atoms with Crippen LogP contribution in [0, 0.1) is 17.8 Å². The number of esters is 4. The van der Waals surface area contributed by atoms with Crippen molar-refractivity contribution >= 4 is 39.5 Å². The summed E-state index contributed by atoms with van der Waals surface area (Å²) in [5.41, 5.74) is 0. The second-order valence-corrected chi connectivity index (χ2v) is 31.1. The highest BCUT2D eigenvalue weighted by Crippen LogP contribution is 2.45. The van der Waals surface area contributed by atoms with Gasteiger partial charge in [-0.1, -0.05) is 331 Å². The standard InChI is InChI=1S/C75H146O17P2/c1-8-10-11-12-13-14-15-16-17-18-19-20-21-22-23-24-25-26-31-34-44-51-58-74(79)91-70(62-85-72(77)56-49-42-33-30-28-27-29-32-41-48-55-68(7)9-2)64-89-93(81,82)87-60-69(76)61-88-94(83,84)90-65-71(92-75(80)59-52-45-38-36-40-47-54-67(5)6)63-86-73(78)57-50-43-37-35-39-46-53-66(3)4/h66-71,76H,8-65H2,1-7H3,(H,81,82)(H,83,84)/t68?,69-,70-,71-/m1/s1. The van der Waals surface area contributed by atoms with Crippen molar-refractivity contribution in [1.82, 2.24) is 0 Å². The summed E-state index contributed by atoms with van der Waals surface area (Å²) in [6, 6.07) is 0. The molecule has 0 aliphatic rings. The Bertz CT molecular complexity index is 1840. The smallest absolute Gasteiger partial charge is 0.462 e. The Kier molecular flexibility index (Phi) is 64.3. The molecule has 19 heteroatoms. The minimum Gasteiger partial charge on any atom is -0.462 e. The fourth-order valence-electron chi connectivity index (χ4n) is 11.4. The Labute approximate surface area is 575 Å². The number of hydrogen-bond acceptors (Lipinski definition) is 15. The maximum Gasteiger partial charge on any atom is 0.472 e. The van der Waals surface area contributed by atoms with E-state index in [0.29, 0.717) is 37.5 Å². The van der Waals surface area contributed by atoms with Gasteiger partial charge in [0.15, 0.2) is 12.2 Å². The van der Waals surface area contributed by atoms with Gasteiger partial charge in [-0.3, -0.25) is 37.3 Å². The van der Waals surface area contributed by atoms with E-state index in [1.807, 2.05) is 0 Å². The second kappa shape index (κ2) is 65.7. The van der Waals surface area contributed by atoms with Crippen LogP contribution in [0.1, 0.15) is 382 Å². The summed E-state index contributed by atoms with van der Waals surface area (Å²) in [6.45, 7) is 11.7. The van der Waals surface area contributed by atoms with Gasteiger partial charge >= 0.3 is 39.5 Å². The Hall–Kier alpha value is -1.94. The Morgan fingerprint density at radius 2 is 0.543 bits per heavy atom. The first-order valence-electron chi connectivity index (χ1n) is 38.9. The minimum absolute atomic E-state index is 0.101. The normalized spacial score (nSPS) is 14.4. The minimum atomic E-state index is -4.96. The highest BCUT2D eigenvalue weighted by Gasteiger charge is 2.30. The van der Waals surface area contributed by atoms with Crippen LogP contribution in [-0.2, 0) is 65.4 Å². The van der Waals surface area contributed by atoms with E-state index in [9.17, 15) is 43.2 Å². The van der Waals surface area contributed by atoms with E-state index in [1.165, 1.54) is 186 Å². The summed E-state index contributed by atoms with van der Waals surface area (Å²) in [4.78, 5) is 72.6. The van der Waals surface area contributed by atoms with Crippen molar-refractivity contribution in [2.75, 3.05) is 39.6 Å². The van der Waals surface area contributed by atoms with Crippen LogP contribution in [0.25, 0.3) is 0 Å². The van der Waals surface area contributed by atoms with Gasteiger partial charge in [0.25, 0.3) is 0 Å². The number of carbonyl (C=O) groups is 4. The maximum atomic E-state index is 13.1. The summed E-state index contributed by atoms with van der Waals surface area (Å²) in [6.07, 6.45) is 51.9. The lowest BCUT2D eigenvalue weighted by atomic mass is 9.99. The molecule has 17 nitrogen and oxygen atoms in total. The van der Waals surface area contributed by atoms with Crippen LogP contribution in [0.2, 0.25) is 0 Å². The molecule has 0 aromatic rings. The SMILES string of the molecule is CCCCCCCCCCCCCCCCCCCCCCCCC(=O)O[C@H](COC(=O)CCCCCCCCCCCCC(C)CC)COP(=O)(O)OC[C@@H](O)COP(=O)(O)OC[C@@H](COC(=O)CCCCCCCCC(C)C)OC(=O)CCCCCCCCC(C)C. The molecule has 0 saturated carbocycles. The Morgan fingerprint density at radius 3 is 0.809 bits per heavy atom. The summed E-state index contributed by atoms with van der Waals surface area (Å²) in [5.74, 6) is 0.0295. The zero-order valence-electron chi connectivity index (χ0n) is 61.4. The lowest BCUT2D eigenvalue weighted by Gasteiger charge is -2.21. The number of rotatable bonds is 73. The lowest BCUT2D eigenvalue weighted by Crippen LogP contribution is -2.30. The molecule has 3 N–H and O–H groups in total. The molecule has 0 saturated heterocycles. The van der Waals surface area contributed by atoms with Crippen molar-refractivity contribution in [3.8, 4) is 0 Å². The molecule has 0 rings (SSSR count). The lowest BCUT2D eigenvalue weighted by molar-refractivity contribution is -0.161. The van der Waals surface area contributed by atoms with E-state index in [2.05, 4.69) is 48.5 Å². The Morgan fingerprint density at radius 1 is 0.309 bits per heavy atom. The number of phosphoric acid groups is 2. The van der Waals surface area contributed by atoms with Crippen LogP contribution < -0.4 is 0 Å². The van der Waals surface area contributed by atoms with Gasteiger partial charge in [-0.05, 0) is 43.4 Å². The van der Waals surface area contributed by atoms with Gasteiger partial charge in [0.2, 0.25) is 0 Å². The topological polar surface area (TPSA) is 237 Å². The molecule has 94 heavy (non-hydrogen) atoms. The van der Waals surface area contributed by atoms with Gasteiger partial charge in [0.05, 0.1) is 26.4 Å². The molecular weight excluding hydrogens is 1230 g/mol. The molecule has 0 amide bonds.